The summed E-state index contributed by atoms with van der Waals surface area (Å²) in [5.74, 6) is 1.23. The van der Waals surface area contributed by atoms with Crippen molar-refractivity contribution in [2.75, 3.05) is 18.8 Å². The first kappa shape index (κ1) is 12.7. The summed E-state index contributed by atoms with van der Waals surface area (Å²) in [6.07, 6.45) is 0. The molecule has 1 aliphatic rings. The second-order valence-corrected chi connectivity index (χ2v) is 7.02. The van der Waals surface area contributed by atoms with E-state index in [-0.39, 0.29) is 0 Å². The summed E-state index contributed by atoms with van der Waals surface area (Å²) in [6, 6.07) is 6.14. The molecule has 0 amide bonds. The molecule has 1 heterocycles. The van der Waals surface area contributed by atoms with E-state index in [4.69, 9.17) is 11.6 Å². The molecule has 1 fully saturated rings. The Morgan fingerprint density at radius 1 is 1.56 bits per heavy atom. The van der Waals surface area contributed by atoms with Crippen LogP contribution in [0, 0.1) is 0 Å². The molecule has 0 aromatic heterocycles. The highest BCUT2D eigenvalue weighted by atomic mass is 79.9. The molecule has 16 heavy (non-hydrogen) atoms. The van der Waals surface area contributed by atoms with Crippen molar-refractivity contribution in [2.45, 2.75) is 18.7 Å². The molecule has 1 aliphatic heterocycles. The highest BCUT2D eigenvalue weighted by Gasteiger charge is 2.17. The Balaban J connectivity index is 2.02. The van der Waals surface area contributed by atoms with Crippen molar-refractivity contribution < 1.29 is 0 Å². The van der Waals surface area contributed by atoms with Crippen LogP contribution in [0.25, 0.3) is 0 Å². The lowest BCUT2D eigenvalue weighted by atomic mass is 10.2. The van der Waals surface area contributed by atoms with Gasteiger partial charge in [0.2, 0.25) is 0 Å². The maximum atomic E-state index is 6.22. The Kier molecular flexibility index (Phi) is 4.59. The highest BCUT2D eigenvalue weighted by Crippen LogP contribution is 2.25. The van der Waals surface area contributed by atoms with Gasteiger partial charge in [-0.15, -0.1) is 0 Å². The van der Waals surface area contributed by atoms with Gasteiger partial charge in [-0.3, -0.25) is 4.90 Å². The Morgan fingerprint density at radius 3 is 3.06 bits per heavy atom. The van der Waals surface area contributed by atoms with E-state index in [0.717, 1.165) is 27.8 Å². The monoisotopic (exact) mass is 319 g/mol. The first-order valence-electron chi connectivity index (χ1n) is 5.43. The number of hydrogen-bond donors (Lipinski definition) is 0. The number of thioether (sulfide) groups is 1. The molecule has 88 valence electrons. The highest BCUT2D eigenvalue weighted by molar-refractivity contribution is 9.10. The SMILES string of the molecule is CC1CN(Cc2ccc(Br)cc2Cl)CCS1. The molecule has 1 aromatic rings. The molecule has 1 aromatic carbocycles. The minimum Gasteiger partial charge on any atom is -0.297 e. The molecule has 1 atom stereocenters. The third-order valence-corrected chi connectivity index (χ3v) is 4.72. The van der Waals surface area contributed by atoms with Gasteiger partial charge in [-0.05, 0) is 17.7 Å². The van der Waals surface area contributed by atoms with Gasteiger partial charge in [0.25, 0.3) is 0 Å². The van der Waals surface area contributed by atoms with Crippen molar-refractivity contribution in [1.29, 1.82) is 0 Å². The number of hydrogen-bond acceptors (Lipinski definition) is 2. The summed E-state index contributed by atoms with van der Waals surface area (Å²) in [4.78, 5) is 2.48. The summed E-state index contributed by atoms with van der Waals surface area (Å²) in [7, 11) is 0. The molecule has 1 nitrogen and oxygen atoms in total. The van der Waals surface area contributed by atoms with Gasteiger partial charge < -0.3 is 0 Å². The van der Waals surface area contributed by atoms with Gasteiger partial charge in [-0.25, -0.2) is 0 Å². The van der Waals surface area contributed by atoms with E-state index in [1.807, 2.05) is 6.07 Å². The fourth-order valence-electron chi connectivity index (χ4n) is 1.93. The molecule has 2 rings (SSSR count). The van der Waals surface area contributed by atoms with Gasteiger partial charge in [0, 0.05) is 40.1 Å². The fourth-order valence-corrected chi connectivity index (χ4v) is 3.74. The van der Waals surface area contributed by atoms with Crippen LogP contribution in [-0.4, -0.2) is 29.0 Å². The average molecular weight is 321 g/mol. The largest absolute Gasteiger partial charge is 0.297 e. The first-order valence-corrected chi connectivity index (χ1v) is 7.65. The minimum absolute atomic E-state index is 0.739. The second kappa shape index (κ2) is 5.76. The topological polar surface area (TPSA) is 3.24 Å². The summed E-state index contributed by atoms with van der Waals surface area (Å²) in [6.45, 7) is 5.59. The van der Waals surface area contributed by atoms with E-state index in [2.05, 4.69) is 51.6 Å². The molecule has 0 bridgehead atoms. The third kappa shape index (κ3) is 3.39. The van der Waals surface area contributed by atoms with Crippen LogP contribution in [0.5, 0.6) is 0 Å². The maximum absolute atomic E-state index is 6.22. The van der Waals surface area contributed by atoms with Crippen LogP contribution in [0.3, 0.4) is 0 Å². The molecule has 1 saturated heterocycles. The van der Waals surface area contributed by atoms with Crippen LogP contribution in [-0.2, 0) is 6.54 Å². The lowest BCUT2D eigenvalue weighted by Gasteiger charge is -2.30. The first-order chi connectivity index (χ1) is 7.65. The Labute approximate surface area is 115 Å². The van der Waals surface area contributed by atoms with Gasteiger partial charge in [-0.2, -0.15) is 11.8 Å². The van der Waals surface area contributed by atoms with Gasteiger partial charge in [0.15, 0.2) is 0 Å². The van der Waals surface area contributed by atoms with Crippen LogP contribution in [0.4, 0.5) is 0 Å². The lowest BCUT2D eigenvalue weighted by molar-refractivity contribution is 0.278. The van der Waals surface area contributed by atoms with Crippen molar-refractivity contribution >= 4 is 39.3 Å². The number of rotatable bonds is 2. The van der Waals surface area contributed by atoms with E-state index in [0.29, 0.717) is 0 Å². The number of benzene rings is 1. The van der Waals surface area contributed by atoms with Gasteiger partial charge >= 0.3 is 0 Å². The quantitative estimate of drug-likeness (QED) is 0.809. The molecule has 0 aliphatic carbocycles. The Morgan fingerprint density at radius 2 is 2.38 bits per heavy atom. The van der Waals surface area contributed by atoms with Crippen molar-refractivity contribution in [1.82, 2.24) is 4.90 Å². The predicted molar refractivity (Wildman–Crippen MR) is 76.3 cm³/mol. The molecule has 0 saturated carbocycles. The van der Waals surface area contributed by atoms with Gasteiger partial charge in [0.1, 0.15) is 0 Å². The lowest BCUT2D eigenvalue weighted by Crippen LogP contribution is -2.36. The zero-order valence-corrected chi connectivity index (χ0v) is 12.4. The van der Waals surface area contributed by atoms with E-state index < -0.39 is 0 Å². The summed E-state index contributed by atoms with van der Waals surface area (Å²) >= 11 is 11.7. The average Bonchev–Trinajstić information content (AvgIpc) is 2.22. The van der Waals surface area contributed by atoms with Crippen LogP contribution < -0.4 is 0 Å². The molecule has 0 spiro atoms. The van der Waals surface area contributed by atoms with Crippen LogP contribution >= 0.6 is 39.3 Å². The maximum Gasteiger partial charge on any atom is 0.0462 e. The Bertz CT molecular complexity index is 372. The molecular weight excluding hydrogens is 306 g/mol. The predicted octanol–water partition coefficient (Wildman–Crippen LogP) is 4.04. The van der Waals surface area contributed by atoms with Crippen molar-refractivity contribution in [2.24, 2.45) is 0 Å². The smallest absolute Gasteiger partial charge is 0.0462 e. The van der Waals surface area contributed by atoms with Gasteiger partial charge in [-0.1, -0.05) is 40.5 Å². The molecule has 1 unspecified atom stereocenters. The van der Waals surface area contributed by atoms with Crippen molar-refractivity contribution in [3.05, 3.63) is 33.3 Å². The summed E-state index contributed by atoms with van der Waals surface area (Å²) < 4.78 is 1.05. The summed E-state index contributed by atoms with van der Waals surface area (Å²) in [5, 5.41) is 1.60. The fraction of sp³-hybridized carbons (Fsp3) is 0.500. The zero-order chi connectivity index (χ0) is 11.5. The van der Waals surface area contributed by atoms with E-state index in [9.17, 15) is 0 Å². The van der Waals surface area contributed by atoms with Crippen molar-refractivity contribution in [3.63, 3.8) is 0 Å². The molecule has 0 radical (unpaired) electrons. The second-order valence-electron chi connectivity index (χ2n) is 4.15. The van der Waals surface area contributed by atoms with Crippen molar-refractivity contribution in [3.8, 4) is 0 Å². The van der Waals surface area contributed by atoms with E-state index in [1.165, 1.54) is 17.9 Å². The normalized spacial score (nSPS) is 22.3. The molecule has 4 heteroatoms. The standard InChI is InChI=1S/C12H15BrClNS/c1-9-7-15(4-5-16-9)8-10-2-3-11(13)6-12(10)14/h2-3,6,9H,4-5,7-8H2,1H3. The molecular formula is C12H15BrClNS. The number of nitrogens with zero attached hydrogens (tertiary/aromatic N) is 1. The molecule has 0 N–H and O–H groups in total. The zero-order valence-electron chi connectivity index (χ0n) is 9.25. The summed E-state index contributed by atoms with van der Waals surface area (Å²) in [5.41, 5.74) is 1.23. The minimum atomic E-state index is 0.739. The Hall–Kier alpha value is 0.300. The van der Waals surface area contributed by atoms with Gasteiger partial charge in [0.05, 0.1) is 0 Å². The van der Waals surface area contributed by atoms with Crippen LogP contribution in [0.15, 0.2) is 22.7 Å². The van der Waals surface area contributed by atoms with E-state index >= 15 is 0 Å². The third-order valence-electron chi connectivity index (χ3n) is 2.73. The van der Waals surface area contributed by atoms with E-state index in [1.54, 1.807) is 0 Å². The van der Waals surface area contributed by atoms with Crippen LogP contribution in [0.2, 0.25) is 5.02 Å². The number of halogens is 2. The van der Waals surface area contributed by atoms with Crippen LogP contribution in [0.1, 0.15) is 12.5 Å².